The molecule has 0 aliphatic rings. The van der Waals surface area contributed by atoms with Crippen molar-refractivity contribution in [2.24, 2.45) is 0 Å². The van der Waals surface area contributed by atoms with Gasteiger partial charge in [0.15, 0.2) is 0 Å². The summed E-state index contributed by atoms with van der Waals surface area (Å²) in [5, 5.41) is 10.5. The summed E-state index contributed by atoms with van der Waals surface area (Å²) in [6.45, 7) is 1.99. The van der Waals surface area contributed by atoms with Crippen LogP contribution < -0.4 is 0 Å². The zero-order valence-corrected chi connectivity index (χ0v) is 11.2. The highest BCUT2D eigenvalue weighted by Gasteiger charge is 2.09. The number of nitrogens with zero attached hydrogens (tertiary/aromatic N) is 1. The Morgan fingerprint density at radius 2 is 1.89 bits per heavy atom. The average molecular weight is 273 g/mol. The van der Waals surface area contributed by atoms with Crippen LogP contribution in [-0.2, 0) is 6.42 Å². The van der Waals surface area contributed by atoms with Gasteiger partial charge in [-0.3, -0.25) is 0 Å². The molecule has 1 heterocycles. The van der Waals surface area contributed by atoms with E-state index in [-0.39, 0.29) is 5.75 Å². The van der Waals surface area contributed by atoms with Crippen LogP contribution in [0, 0.1) is 6.92 Å². The quantitative estimate of drug-likeness (QED) is 0.745. The van der Waals surface area contributed by atoms with E-state index in [0.29, 0.717) is 11.9 Å². The Bertz CT molecular complexity index is 693. The maximum Gasteiger partial charge on any atom is 0.143 e. The third-order valence-corrected chi connectivity index (χ3v) is 3.42. The van der Waals surface area contributed by atoms with Gasteiger partial charge >= 0.3 is 0 Å². The fourth-order valence-corrected chi connectivity index (χ4v) is 2.26. The molecule has 2 aromatic carbocycles. The minimum Gasteiger partial charge on any atom is -0.506 e. The number of H-pyrrole nitrogens is 1. The van der Waals surface area contributed by atoms with E-state index >= 15 is 0 Å². The zero-order chi connectivity index (χ0) is 13.4. The number of aromatic hydroxyl groups is 1. The lowest BCUT2D eigenvalue weighted by Gasteiger charge is -1.98. The molecule has 96 valence electrons. The highest BCUT2D eigenvalue weighted by atomic mass is 35.5. The van der Waals surface area contributed by atoms with Crippen LogP contribution in [0.3, 0.4) is 0 Å². The fourth-order valence-electron chi connectivity index (χ4n) is 2.14. The summed E-state index contributed by atoms with van der Waals surface area (Å²) in [7, 11) is 0. The molecule has 19 heavy (non-hydrogen) atoms. The highest BCUT2D eigenvalue weighted by molar-refractivity contribution is 6.30. The number of nitrogens with one attached hydrogen (secondary N) is 1. The number of fused-ring (bicyclic) bond motifs is 1. The highest BCUT2D eigenvalue weighted by Crippen LogP contribution is 2.25. The molecule has 3 rings (SSSR count). The van der Waals surface area contributed by atoms with Gasteiger partial charge in [-0.2, -0.15) is 0 Å². The van der Waals surface area contributed by atoms with Crippen LogP contribution >= 0.6 is 11.6 Å². The average Bonchev–Trinajstić information content (AvgIpc) is 2.82. The van der Waals surface area contributed by atoms with Gasteiger partial charge in [-0.15, -0.1) is 0 Å². The number of halogens is 1. The van der Waals surface area contributed by atoms with Crippen molar-refractivity contribution in [1.29, 1.82) is 0 Å². The number of phenols is 1. The van der Waals surface area contributed by atoms with Crippen molar-refractivity contribution in [3.05, 3.63) is 58.4 Å². The maximum absolute atomic E-state index is 9.81. The van der Waals surface area contributed by atoms with Crippen molar-refractivity contribution in [2.75, 3.05) is 0 Å². The number of benzene rings is 2. The van der Waals surface area contributed by atoms with Crippen molar-refractivity contribution in [3.8, 4) is 5.75 Å². The van der Waals surface area contributed by atoms with E-state index < -0.39 is 0 Å². The molecule has 0 amide bonds. The minimum atomic E-state index is 0.208. The molecule has 0 saturated carbocycles. The van der Waals surface area contributed by atoms with Crippen molar-refractivity contribution >= 4 is 22.6 Å². The van der Waals surface area contributed by atoms with Gasteiger partial charge in [0.05, 0.1) is 5.52 Å². The summed E-state index contributed by atoms with van der Waals surface area (Å²) >= 11 is 5.86. The van der Waals surface area contributed by atoms with Gasteiger partial charge < -0.3 is 10.1 Å². The van der Waals surface area contributed by atoms with E-state index in [1.165, 1.54) is 0 Å². The molecular formula is C15H13ClN2O. The molecular weight excluding hydrogens is 260 g/mol. The lowest BCUT2D eigenvalue weighted by molar-refractivity contribution is 0.480. The van der Waals surface area contributed by atoms with E-state index in [0.717, 1.165) is 27.5 Å². The Morgan fingerprint density at radius 1 is 1.16 bits per heavy atom. The van der Waals surface area contributed by atoms with E-state index in [1.807, 2.05) is 37.3 Å². The Kier molecular flexibility index (Phi) is 2.91. The van der Waals surface area contributed by atoms with Crippen molar-refractivity contribution in [3.63, 3.8) is 0 Å². The monoisotopic (exact) mass is 272 g/mol. The third-order valence-electron chi connectivity index (χ3n) is 3.17. The number of aryl methyl sites for hydroxylation is 1. The number of aromatic amines is 1. The van der Waals surface area contributed by atoms with Crippen molar-refractivity contribution in [1.82, 2.24) is 9.97 Å². The number of imidazole rings is 1. The summed E-state index contributed by atoms with van der Waals surface area (Å²) in [6.07, 6.45) is 0.685. The number of rotatable bonds is 2. The first-order chi connectivity index (χ1) is 9.13. The van der Waals surface area contributed by atoms with E-state index in [9.17, 15) is 5.11 Å². The molecule has 0 bridgehead atoms. The smallest absolute Gasteiger partial charge is 0.143 e. The van der Waals surface area contributed by atoms with Crippen LogP contribution in [0.1, 0.15) is 17.0 Å². The minimum absolute atomic E-state index is 0.208. The van der Waals surface area contributed by atoms with Crippen LogP contribution in [0.4, 0.5) is 0 Å². The molecule has 0 spiro atoms. The standard InChI is InChI=1S/C15H13ClN2O/c1-9-2-7-12(19)15-14(9)17-13(18-15)8-10-3-5-11(16)6-4-10/h2-7,19H,8H2,1H3,(H,17,18). The maximum atomic E-state index is 9.81. The molecule has 0 radical (unpaired) electrons. The van der Waals surface area contributed by atoms with Crippen LogP contribution in [0.25, 0.3) is 11.0 Å². The van der Waals surface area contributed by atoms with Gasteiger partial charge in [0.1, 0.15) is 17.1 Å². The van der Waals surface area contributed by atoms with Gasteiger partial charge in [0.2, 0.25) is 0 Å². The van der Waals surface area contributed by atoms with Gasteiger partial charge in [-0.05, 0) is 36.2 Å². The van der Waals surface area contributed by atoms with Crippen molar-refractivity contribution < 1.29 is 5.11 Å². The molecule has 0 fully saturated rings. The molecule has 3 aromatic rings. The number of hydrogen-bond donors (Lipinski definition) is 2. The van der Waals surface area contributed by atoms with Gasteiger partial charge in [0, 0.05) is 11.4 Å². The lowest BCUT2D eigenvalue weighted by Crippen LogP contribution is -1.89. The van der Waals surface area contributed by atoms with E-state index in [1.54, 1.807) is 6.07 Å². The Labute approximate surface area is 115 Å². The largest absolute Gasteiger partial charge is 0.506 e. The summed E-state index contributed by atoms with van der Waals surface area (Å²) < 4.78 is 0. The van der Waals surface area contributed by atoms with Crippen LogP contribution in [0.15, 0.2) is 36.4 Å². The second kappa shape index (κ2) is 4.59. The van der Waals surface area contributed by atoms with E-state index in [4.69, 9.17) is 11.6 Å². The van der Waals surface area contributed by atoms with Crippen LogP contribution in [-0.4, -0.2) is 15.1 Å². The second-order valence-electron chi connectivity index (χ2n) is 4.61. The van der Waals surface area contributed by atoms with Crippen molar-refractivity contribution in [2.45, 2.75) is 13.3 Å². The first-order valence-corrected chi connectivity index (χ1v) is 6.43. The molecule has 0 aliphatic heterocycles. The second-order valence-corrected chi connectivity index (χ2v) is 5.05. The predicted octanol–water partition coefficient (Wildman–Crippen LogP) is 3.82. The molecule has 2 N–H and O–H groups in total. The molecule has 0 saturated heterocycles. The molecule has 4 heteroatoms. The summed E-state index contributed by atoms with van der Waals surface area (Å²) in [4.78, 5) is 7.72. The third kappa shape index (κ3) is 2.29. The van der Waals surface area contributed by atoms with Crippen LogP contribution in [0.2, 0.25) is 5.02 Å². The number of phenolic OH excluding ortho intramolecular Hbond substituents is 1. The molecule has 0 atom stereocenters. The van der Waals surface area contributed by atoms with Crippen LogP contribution in [0.5, 0.6) is 5.75 Å². The molecule has 0 unspecified atom stereocenters. The summed E-state index contributed by atoms with van der Waals surface area (Å²) in [5.41, 5.74) is 3.72. The summed E-state index contributed by atoms with van der Waals surface area (Å²) in [5.74, 6) is 1.04. The topological polar surface area (TPSA) is 48.9 Å². The first kappa shape index (κ1) is 12.1. The summed E-state index contributed by atoms with van der Waals surface area (Å²) in [6, 6.07) is 11.2. The Hall–Kier alpha value is -2.00. The Morgan fingerprint density at radius 3 is 2.58 bits per heavy atom. The SMILES string of the molecule is Cc1ccc(O)c2nc(Cc3ccc(Cl)cc3)[nH]c12. The lowest BCUT2D eigenvalue weighted by atomic mass is 10.1. The van der Waals surface area contributed by atoms with E-state index in [2.05, 4.69) is 9.97 Å². The first-order valence-electron chi connectivity index (χ1n) is 6.05. The predicted molar refractivity (Wildman–Crippen MR) is 76.8 cm³/mol. The fraction of sp³-hybridized carbons (Fsp3) is 0.133. The normalized spacial score (nSPS) is 11.1. The zero-order valence-electron chi connectivity index (χ0n) is 10.4. The van der Waals surface area contributed by atoms with Gasteiger partial charge in [-0.25, -0.2) is 4.98 Å². The molecule has 3 nitrogen and oxygen atoms in total. The van der Waals surface area contributed by atoms with Gasteiger partial charge in [0.25, 0.3) is 0 Å². The number of hydrogen-bond acceptors (Lipinski definition) is 2. The number of aromatic nitrogens is 2. The molecule has 1 aromatic heterocycles. The van der Waals surface area contributed by atoms with Gasteiger partial charge in [-0.1, -0.05) is 29.8 Å². The molecule has 0 aliphatic carbocycles. The Balaban J connectivity index is 2.00.